The summed E-state index contributed by atoms with van der Waals surface area (Å²) in [6.07, 6.45) is 2.72. The van der Waals surface area contributed by atoms with Crippen molar-refractivity contribution in [1.82, 2.24) is 4.98 Å². The van der Waals surface area contributed by atoms with Gasteiger partial charge in [0, 0.05) is 19.2 Å². The zero-order valence-electron chi connectivity index (χ0n) is 12.1. The van der Waals surface area contributed by atoms with E-state index in [4.69, 9.17) is 9.15 Å². The number of rotatable bonds is 2. The second-order valence-corrected chi connectivity index (χ2v) is 5.37. The number of hydrogen-bond acceptors (Lipinski definition) is 4. The Hall–Kier alpha value is -2.24. The molecule has 1 aliphatic heterocycles. The number of nitrogens with one attached hydrogen (secondary N) is 1. The average molecular weight is 292 g/mol. The fourth-order valence-electron chi connectivity index (χ4n) is 2.78. The summed E-state index contributed by atoms with van der Waals surface area (Å²) in [5.41, 5.74) is 1.09. The molecule has 0 fully saturated rings. The van der Waals surface area contributed by atoms with Gasteiger partial charge < -0.3 is 14.1 Å². The van der Waals surface area contributed by atoms with Crippen molar-refractivity contribution in [1.29, 1.82) is 0 Å². The highest BCUT2D eigenvalue weighted by atomic mass is 19.1. The van der Waals surface area contributed by atoms with E-state index in [1.165, 1.54) is 6.07 Å². The molecular formula is C15H17FN2O3. The predicted molar refractivity (Wildman–Crippen MR) is 77.9 cm³/mol. The molecule has 21 heavy (non-hydrogen) atoms. The maximum Gasteiger partial charge on any atom is 0.417 e. The van der Waals surface area contributed by atoms with Crippen molar-refractivity contribution < 1.29 is 13.5 Å². The van der Waals surface area contributed by atoms with Gasteiger partial charge in [-0.3, -0.25) is 4.98 Å². The van der Waals surface area contributed by atoms with Gasteiger partial charge in [0.1, 0.15) is 11.9 Å². The number of benzene rings is 1. The molecule has 1 aromatic carbocycles. The molecule has 0 spiro atoms. The number of fused-ring (bicyclic) bond motifs is 1. The minimum atomic E-state index is -0.586. The van der Waals surface area contributed by atoms with Gasteiger partial charge in [-0.2, -0.15) is 0 Å². The van der Waals surface area contributed by atoms with Gasteiger partial charge in [0.15, 0.2) is 5.58 Å². The maximum absolute atomic E-state index is 14.3. The summed E-state index contributed by atoms with van der Waals surface area (Å²) in [4.78, 5) is 15.5. The number of H-pyrrole nitrogens is 1. The molecule has 112 valence electrons. The standard InChI is InChI=1S/C15H17FN2O3/c1-8-4-5-12(9(2)20-8)18(3)13-7-14-11(6-10(13)16)17-15(19)21-14/h4,6-7,9,12H,5H2,1-3H3,(H,17,19). The van der Waals surface area contributed by atoms with Gasteiger partial charge >= 0.3 is 5.76 Å². The second kappa shape index (κ2) is 4.95. The van der Waals surface area contributed by atoms with Crippen LogP contribution in [0.25, 0.3) is 11.1 Å². The first-order valence-electron chi connectivity index (χ1n) is 6.84. The number of oxazole rings is 1. The fourth-order valence-corrected chi connectivity index (χ4v) is 2.78. The number of hydrogen-bond donors (Lipinski definition) is 1. The van der Waals surface area contributed by atoms with Gasteiger partial charge in [-0.15, -0.1) is 0 Å². The van der Waals surface area contributed by atoms with Crippen LogP contribution in [0.1, 0.15) is 20.3 Å². The zero-order valence-corrected chi connectivity index (χ0v) is 12.1. The van der Waals surface area contributed by atoms with E-state index in [-0.39, 0.29) is 12.1 Å². The molecule has 0 aliphatic carbocycles. The third-order valence-corrected chi connectivity index (χ3v) is 3.93. The maximum atomic E-state index is 14.3. The van der Waals surface area contributed by atoms with Crippen molar-refractivity contribution >= 4 is 16.8 Å². The number of likely N-dealkylation sites (N-methyl/N-ethyl adjacent to an activating group) is 1. The Balaban J connectivity index is 1.99. The number of halogens is 1. The van der Waals surface area contributed by atoms with Gasteiger partial charge in [0.25, 0.3) is 0 Å². The van der Waals surface area contributed by atoms with Gasteiger partial charge in [0.2, 0.25) is 0 Å². The van der Waals surface area contributed by atoms with Crippen LogP contribution in [0, 0.1) is 5.82 Å². The first kappa shape index (κ1) is 13.7. The molecule has 0 amide bonds. The van der Waals surface area contributed by atoms with Crippen molar-refractivity contribution in [3.05, 3.63) is 40.3 Å². The van der Waals surface area contributed by atoms with Gasteiger partial charge in [-0.05, 0) is 26.3 Å². The smallest absolute Gasteiger partial charge is 0.417 e. The molecule has 1 aromatic heterocycles. The van der Waals surface area contributed by atoms with Crippen LogP contribution in [-0.4, -0.2) is 24.2 Å². The molecule has 2 heterocycles. The second-order valence-electron chi connectivity index (χ2n) is 5.37. The van der Waals surface area contributed by atoms with E-state index >= 15 is 0 Å². The van der Waals surface area contributed by atoms with Crippen LogP contribution >= 0.6 is 0 Å². The van der Waals surface area contributed by atoms with Crippen LogP contribution in [-0.2, 0) is 4.74 Å². The molecule has 1 aliphatic rings. The van der Waals surface area contributed by atoms with Crippen LogP contribution < -0.4 is 10.7 Å². The Morgan fingerprint density at radius 2 is 2.19 bits per heavy atom. The van der Waals surface area contributed by atoms with Gasteiger partial charge in [0.05, 0.1) is 23.0 Å². The molecule has 0 saturated heterocycles. The first-order valence-corrected chi connectivity index (χ1v) is 6.84. The molecule has 5 nitrogen and oxygen atoms in total. The molecule has 2 aromatic rings. The molecule has 0 saturated carbocycles. The van der Waals surface area contributed by atoms with Crippen LogP contribution in [0.5, 0.6) is 0 Å². The number of anilines is 1. The van der Waals surface area contributed by atoms with Crippen LogP contribution in [0.4, 0.5) is 10.1 Å². The highest BCUT2D eigenvalue weighted by molar-refractivity contribution is 5.77. The van der Waals surface area contributed by atoms with E-state index in [1.54, 1.807) is 6.07 Å². The zero-order chi connectivity index (χ0) is 15.1. The normalized spacial score (nSPS) is 22.0. The number of nitrogens with zero attached hydrogens (tertiary/aromatic N) is 1. The predicted octanol–water partition coefficient (Wildman–Crippen LogP) is 2.78. The lowest BCUT2D eigenvalue weighted by Gasteiger charge is -2.36. The molecule has 2 atom stereocenters. The Kier molecular flexibility index (Phi) is 3.23. The largest absolute Gasteiger partial charge is 0.494 e. The molecular weight excluding hydrogens is 275 g/mol. The van der Waals surface area contributed by atoms with E-state index in [1.807, 2.05) is 31.9 Å². The summed E-state index contributed by atoms with van der Waals surface area (Å²) in [5, 5.41) is 0. The SMILES string of the molecule is CC1=CCC(N(C)c2cc3oc(=O)[nH]c3cc2F)C(C)O1. The minimum Gasteiger partial charge on any atom is -0.494 e. The van der Waals surface area contributed by atoms with Crippen molar-refractivity contribution in [3.63, 3.8) is 0 Å². The van der Waals surface area contributed by atoms with E-state index in [0.717, 1.165) is 12.2 Å². The van der Waals surface area contributed by atoms with Gasteiger partial charge in [-0.25, -0.2) is 9.18 Å². The highest BCUT2D eigenvalue weighted by Crippen LogP contribution is 2.29. The minimum absolute atomic E-state index is 0.0197. The first-order chi connectivity index (χ1) is 9.95. The third-order valence-electron chi connectivity index (χ3n) is 3.93. The molecule has 3 rings (SSSR count). The van der Waals surface area contributed by atoms with Crippen molar-refractivity contribution in [3.8, 4) is 0 Å². The van der Waals surface area contributed by atoms with Gasteiger partial charge in [-0.1, -0.05) is 0 Å². The summed E-state index contributed by atoms with van der Waals surface area (Å²) >= 11 is 0. The van der Waals surface area contributed by atoms with E-state index in [2.05, 4.69) is 4.98 Å². The number of ether oxygens (including phenoxy) is 1. The molecule has 0 bridgehead atoms. The fraction of sp³-hybridized carbons (Fsp3) is 0.400. The molecule has 0 radical (unpaired) electrons. The lowest BCUT2D eigenvalue weighted by atomic mass is 10.0. The van der Waals surface area contributed by atoms with E-state index in [0.29, 0.717) is 16.8 Å². The Morgan fingerprint density at radius 3 is 2.90 bits per heavy atom. The third kappa shape index (κ3) is 2.41. The Morgan fingerprint density at radius 1 is 1.43 bits per heavy atom. The van der Waals surface area contributed by atoms with Crippen molar-refractivity contribution in [2.75, 3.05) is 11.9 Å². The van der Waals surface area contributed by atoms with Crippen LogP contribution in [0.3, 0.4) is 0 Å². The average Bonchev–Trinajstić information content (AvgIpc) is 2.76. The monoisotopic (exact) mass is 292 g/mol. The van der Waals surface area contributed by atoms with Crippen molar-refractivity contribution in [2.24, 2.45) is 0 Å². The lowest BCUT2D eigenvalue weighted by Crippen LogP contribution is -2.43. The summed E-state index contributed by atoms with van der Waals surface area (Å²) in [5.74, 6) is -0.0997. The molecule has 1 N–H and O–H groups in total. The Bertz CT molecular complexity index is 762. The topological polar surface area (TPSA) is 58.5 Å². The highest BCUT2D eigenvalue weighted by Gasteiger charge is 2.28. The number of allylic oxidation sites excluding steroid dienone is 1. The van der Waals surface area contributed by atoms with E-state index in [9.17, 15) is 9.18 Å². The number of aromatic amines is 1. The molecule has 2 unspecified atom stereocenters. The van der Waals surface area contributed by atoms with Crippen LogP contribution in [0.2, 0.25) is 0 Å². The van der Waals surface area contributed by atoms with E-state index < -0.39 is 11.6 Å². The van der Waals surface area contributed by atoms with Crippen molar-refractivity contribution in [2.45, 2.75) is 32.4 Å². The Labute approximate surface area is 121 Å². The quantitative estimate of drug-likeness (QED) is 0.924. The molecule has 6 heteroatoms. The summed E-state index contributed by atoms with van der Waals surface area (Å²) < 4.78 is 25.0. The summed E-state index contributed by atoms with van der Waals surface area (Å²) in [6.45, 7) is 3.87. The summed E-state index contributed by atoms with van der Waals surface area (Å²) in [6, 6.07) is 2.84. The lowest BCUT2D eigenvalue weighted by molar-refractivity contribution is 0.0934. The van der Waals surface area contributed by atoms with Crippen LogP contribution in [0.15, 0.2) is 33.2 Å². The summed E-state index contributed by atoms with van der Waals surface area (Å²) in [7, 11) is 1.81. The number of aromatic nitrogens is 1.